The van der Waals surface area contributed by atoms with Gasteiger partial charge in [-0.3, -0.25) is 0 Å². The molecule has 1 aliphatic carbocycles. The maximum atomic E-state index is 12.0. The molecule has 0 aliphatic heterocycles. The molecule has 0 saturated carbocycles. The van der Waals surface area contributed by atoms with E-state index in [-0.39, 0.29) is 12.5 Å². The second kappa shape index (κ2) is 10.8. The highest BCUT2D eigenvalue weighted by atomic mass is 16.5. The van der Waals surface area contributed by atoms with Crippen molar-refractivity contribution in [3.63, 3.8) is 0 Å². The van der Waals surface area contributed by atoms with Crippen LogP contribution in [0.5, 0.6) is 0 Å². The summed E-state index contributed by atoms with van der Waals surface area (Å²) < 4.78 is 16.1. The Balaban J connectivity index is 1.37. The molecule has 150 valence electrons. The number of benzene rings is 2. The Hall–Kier alpha value is -2.41. The highest BCUT2D eigenvalue weighted by Crippen LogP contribution is 2.44. The Morgan fingerprint density at radius 1 is 0.893 bits per heavy atom. The number of hydrogen-bond acceptors (Lipinski definition) is 5. The van der Waals surface area contributed by atoms with Gasteiger partial charge in [-0.05, 0) is 28.7 Å². The van der Waals surface area contributed by atoms with Gasteiger partial charge in [-0.25, -0.2) is 4.79 Å². The van der Waals surface area contributed by atoms with Gasteiger partial charge in [0.1, 0.15) is 6.61 Å². The van der Waals surface area contributed by atoms with Crippen LogP contribution in [-0.4, -0.2) is 57.4 Å². The lowest BCUT2D eigenvalue weighted by Gasteiger charge is -2.14. The van der Waals surface area contributed by atoms with Crippen molar-refractivity contribution in [1.29, 1.82) is 0 Å². The second-order valence-corrected chi connectivity index (χ2v) is 6.55. The summed E-state index contributed by atoms with van der Waals surface area (Å²) in [6, 6.07) is 16.5. The number of nitrogens with one attached hydrogen (secondary N) is 1. The van der Waals surface area contributed by atoms with E-state index in [2.05, 4.69) is 29.6 Å². The van der Waals surface area contributed by atoms with Crippen molar-refractivity contribution in [2.45, 2.75) is 12.3 Å². The molecule has 1 aliphatic rings. The van der Waals surface area contributed by atoms with Crippen molar-refractivity contribution in [2.75, 3.05) is 46.2 Å². The van der Waals surface area contributed by atoms with Gasteiger partial charge in [0.25, 0.3) is 0 Å². The maximum Gasteiger partial charge on any atom is 0.407 e. The van der Waals surface area contributed by atoms with Gasteiger partial charge in [0, 0.05) is 25.7 Å². The first-order valence-corrected chi connectivity index (χ1v) is 9.66. The van der Waals surface area contributed by atoms with E-state index >= 15 is 0 Å². The molecular weight excluding hydrogens is 358 g/mol. The Morgan fingerprint density at radius 3 is 2.14 bits per heavy atom. The third-order valence-electron chi connectivity index (χ3n) is 4.68. The van der Waals surface area contributed by atoms with Gasteiger partial charge in [0.2, 0.25) is 0 Å². The van der Waals surface area contributed by atoms with Crippen LogP contribution in [0, 0.1) is 0 Å². The molecule has 0 radical (unpaired) electrons. The molecule has 28 heavy (non-hydrogen) atoms. The van der Waals surface area contributed by atoms with Gasteiger partial charge >= 0.3 is 6.09 Å². The molecule has 0 spiro atoms. The fraction of sp³-hybridized carbons (Fsp3) is 0.409. The van der Waals surface area contributed by atoms with Crippen LogP contribution in [0.1, 0.15) is 23.5 Å². The van der Waals surface area contributed by atoms with E-state index < -0.39 is 6.09 Å². The highest BCUT2D eigenvalue weighted by molar-refractivity contribution is 5.79. The highest BCUT2D eigenvalue weighted by Gasteiger charge is 2.28. The van der Waals surface area contributed by atoms with E-state index in [0.29, 0.717) is 46.0 Å². The number of aliphatic hydroxyl groups is 1. The normalized spacial score (nSPS) is 12.5. The summed E-state index contributed by atoms with van der Waals surface area (Å²) in [6.07, 6.45) is 0.188. The van der Waals surface area contributed by atoms with E-state index in [1.54, 1.807) is 0 Å². The Labute approximate surface area is 165 Å². The zero-order valence-corrected chi connectivity index (χ0v) is 15.9. The number of fused-ring (bicyclic) bond motifs is 3. The number of rotatable bonds is 11. The molecule has 2 aromatic rings. The molecule has 3 rings (SSSR count). The van der Waals surface area contributed by atoms with Gasteiger partial charge in [-0.1, -0.05) is 48.5 Å². The third kappa shape index (κ3) is 5.32. The SMILES string of the molecule is O=C(NCCOCCOCCCO)OCC1c2ccccc2-c2ccccc21. The molecular formula is C22H27NO5. The van der Waals surface area contributed by atoms with Gasteiger partial charge in [-0.15, -0.1) is 0 Å². The van der Waals surface area contributed by atoms with E-state index in [1.165, 1.54) is 22.3 Å². The van der Waals surface area contributed by atoms with Gasteiger partial charge in [0.05, 0.1) is 19.8 Å². The summed E-state index contributed by atoms with van der Waals surface area (Å²) in [6.45, 7) is 2.67. The van der Waals surface area contributed by atoms with Crippen LogP contribution in [-0.2, 0) is 14.2 Å². The Morgan fingerprint density at radius 2 is 1.50 bits per heavy atom. The van der Waals surface area contributed by atoms with Crippen molar-refractivity contribution in [2.24, 2.45) is 0 Å². The molecule has 0 fully saturated rings. The minimum absolute atomic E-state index is 0.0606. The fourth-order valence-electron chi connectivity index (χ4n) is 3.36. The molecule has 6 nitrogen and oxygen atoms in total. The molecule has 6 heteroatoms. The van der Waals surface area contributed by atoms with Crippen LogP contribution in [0.2, 0.25) is 0 Å². The van der Waals surface area contributed by atoms with Gasteiger partial charge < -0.3 is 24.6 Å². The van der Waals surface area contributed by atoms with Crippen molar-refractivity contribution in [3.8, 4) is 11.1 Å². The molecule has 0 saturated heterocycles. The van der Waals surface area contributed by atoms with Crippen LogP contribution in [0.15, 0.2) is 48.5 Å². The molecule has 0 aromatic heterocycles. The summed E-state index contributed by atoms with van der Waals surface area (Å²) in [5.41, 5.74) is 4.81. The minimum atomic E-state index is -0.440. The monoisotopic (exact) mass is 385 g/mol. The molecule has 0 heterocycles. The lowest BCUT2D eigenvalue weighted by atomic mass is 9.98. The summed E-state index contributed by atoms with van der Waals surface area (Å²) >= 11 is 0. The average Bonchev–Trinajstić information content (AvgIpc) is 3.05. The number of ether oxygens (including phenoxy) is 3. The molecule has 0 atom stereocenters. The summed E-state index contributed by atoms with van der Waals surface area (Å²) in [4.78, 5) is 12.0. The number of amides is 1. The zero-order valence-electron chi connectivity index (χ0n) is 15.9. The first kappa shape index (κ1) is 20.3. The number of alkyl carbamates (subject to hydrolysis) is 1. The van der Waals surface area contributed by atoms with Crippen molar-refractivity contribution >= 4 is 6.09 Å². The lowest BCUT2D eigenvalue weighted by Crippen LogP contribution is -2.29. The predicted octanol–water partition coefficient (Wildman–Crippen LogP) is 2.94. The number of carbonyl (C=O) groups is 1. The molecule has 2 aromatic carbocycles. The number of hydrogen-bond donors (Lipinski definition) is 2. The van der Waals surface area contributed by atoms with Gasteiger partial charge in [0.15, 0.2) is 0 Å². The van der Waals surface area contributed by atoms with Crippen LogP contribution < -0.4 is 5.32 Å². The topological polar surface area (TPSA) is 77.0 Å². The molecule has 2 N–H and O–H groups in total. The third-order valence-corrected chi connectivity index (χ3v) is 4.68. The fourth-order valence-corrected chi connectivity index (χ4v) is 3.36. The Bertz CT molecular complexity index is 719. The average molecular weight is 385 g/mol. The van der Waals surface area contributed by atoms with E-state index in [9.17, 15) is 4.79 Å². The molecule has 0 bridgehead atoms. The van der Waals surface area contributed by atoms with Gasteiger partial charge in [-0.2, -0.15) is 0 Å². The number of carbonyl (C=O) groups excluding carboxylic acids is 1. The molecule has 0 unspecified atom stereocenters. The summed E-state index contributed by atoms with van der Waals surface area (Å²) in [7, 11) is 0. The van der Waals surface area contributed by atoms with Crippen LogP contribution >= 0.6 is 0 Å². The standard InChI is InChI=1S/C22H27NO5/c24-11-5-12-26-14-15-27-13-10-23-22(25)28-16-21-19-8-3-1-6-17(19)18-7-2-4-9-20(18)21/h1-4,6-9,21,24H,5,10-16H2,(H,23,25). The van der Waals surface area contributed by atoms with Crippen molar-refractivity contribution in [1.82, 2.24) is 5.32 Å². The zero-order chi connectivity index (χ0) is 19.6. The van der Waals surface area contributed by atoms with Crippen LogP contribution in [0.3, 0.4) is 0 Å². The predicted molar refractivity (Wildman–Crippen MR) is 106 cm³/mol. The first-order valence-electron chi connectivity index (χ1n) is 9.66. The minimum Gasteiger partial charge on any atom is -0.449 e. The summed E-state index contributed by atoms with van der Waals surface area (Å²) in [5, 5.41) is 11.3. The molecule has 1 amide bonds. The number of aliphatic hydroxyl groups excluding tert-OH is 1. The quantitative estimate of drug-likeness (QED) is 0.582. The Kier molecular flexibility index (Phi) is 7.84. The van der Waals surface area contributed by atoms with E-state index in [4.69, 9.17) is 19.3 Å². The van der Waals surface area contributed by atoms with Crippen LogP contribution in [0.4, 0.5) is 4.79 Å². The van der Waals surface area contributed by atoms with Crippen molar-refractivity contribution in [3.05, 3.63) is 59.7 Å². The smallest absolute Gasteiger partial charge is 0.407 e. The first-order chi connectivity index (χ1) is 13.8. The summed E-state index contributed by atoms with van der Waals surface area (Å²) in [5.74, 6) is 0.0606. The lowest BCUT2D eigenvalue weighted by molar-refractivity contribution is 0.0432. The second-order valence-electron chi connectivity index (χ2n) is 6.55. The van der Waals surface area contributed by atoms with Crippen LogP contribution in [0.25, 0.3) is 11.1 Å². The van der Waals surface area contributed by atoms with E-state index in [0.717, 1.165) is 0 Å². The largest absolute Gasteiger partial charge is 0.449 e. The maximum absolute atomic E-state index is 12.0. The van der Waals surface area contributed by atoms with E-state index in [1.807, 2.05) is 24.3 Å². The van der Waals surface area contributed by atoms with Crippen molar-refractivity contribution < 1.29 is 24.1 Å².